The molecule has 0 unspecified atom stereocenters. The molecule has 0 radical (unpaired) electrons. The SMILES string of the molecule is CCO.Cc1ccccc1.[Pd]. The van der Waals surface area contributed by atoms with Gasteiger partial charge in [0.1, 0.15) is 0 Å². The summed E-state index contributed by atoms with van der Waals surface area (Å²) < 4.78 is 0. The van der Waals surface area contributed by atoms with Gasteiger partial charge in [-0.15, -0.1) is 0 Å². The number of benzene rings is 1. The maximum atomic E-state index is 7.57. The van der Waals surface area contributed by atoms with Crippen LogP contribution >= 0.6 is 0 Å². The zero-order valence-corrected chi connectivity index (χ0v) is 8.41. The Morgan fingerprint density at radius 1 is 1.18 bits per heavy atom. The third-order valence-electron chi connectivity index (χ3n) is 0.940. The molecule has 0 atom stereocenters. The molecule has 0 spiro atoms. The normalized spacial score (nSPS) is 7.18. The summed E-state index contributed by atoms with van der Waals surface area (Å²) in [5.74, 6) is 0. The van der Waals surface area contributed by atoms with E-state index in [0.717, 1.165) is 0 Å². The van der Waals surface area contributed by atoms with Crippen molar-refractivity contribution in [3.8, 4) is 0 Å². The van der Waals surface area contributed by atoms with Crippen molar-refractivity contribution in [2.75, 3.05) is 6.61 Å². The molecule has 0 aromatic heterocycles. The first-order valence-corrected chi connectivity index (χ1v) is 3.43. The molecule has 1 aromatic rings. The van der Waals surface area contributed by atoms with Crippen LogP contribution in [0.4, 0.5) is 0 Å². The molecule has 0 bridgehead atoms. The fourth-order valence-corrected chi connectivity index (χ4v) is 0.534. The molecule has 1 rings (SSSR count). The van der Waals surface area contributed by atoms with E-state index in [0.29, 0.717) is 0 Å². The Hall–Kier alpha value is -0.158. The van der Waals surface area contributed by atoms with Gasteiger partial charge in [-0.05, 0) is 13.8 Å². The van der Waals surface area contributed by atoms with Crippen LogP contribution in [0.15, 0.2) is 30.3 Å². The zero-order valence-electron chi connectivity index (χ0n) is 6.86. The number of hydrogen-bond donors (Lipinski definition) is 1. The summed E-state index contributed by atoms with van der Waals surface area (Å²) in [7, 11) is 0. The summed E-state index contributed by atoms with van der Waals surface area (Å²) in [6.45, 7) is 4.01. The fraction of sp³-hybridized carbons (Fsp3) is 0.333. The summed E-state index contributed by atoms with van der Waals surface area (Å²) >= 11 is 0. The van der Waals surface area contributed by atoms with Crippen LogP contribution in [-0.2, 0) is 20.4 Å². The molecule has 0 aliphatic rings. The molecule has 11 heavy (non-hydrogen) atoms. The van der Waals surface area contributed by atoms with E-state index in [2.05, 4.69) is 19.1 Å². The first-order valence-electron chi connectivity index (χ1n) is 3.43. The third-order valence-corrected chi connectivity index (χ3v) is 0.940. The van der Waals surface area contributed by atoms with Gasteiger partial charge in [-0.1, -0.05) is 35.9 Å². The van der Waals surface area contributed by atoms with Crippen LogP contribution in [0.5, 0.6) is 0 Å². The summed E-state index contributed by atoms with van der Waals surface area (Å²) in [6.07, 6.45) is 0. The van der Waals surface area contributed by atoms with Crippen molar-refractivity contribution in [1.29, 1.82) is 0 Å². The second-order valence-electron chi connectivity index (χ2n) is 1.97. The van der Waals surface area contributed by atoms with Gasteiger partial charge in [-0.2, -0.15) is 0 Å². The van der Waals surface area contributed by atoms with Crippen molar-refractivity contribution in [1.82, 2.24) is 0 Å². The van der Waals surface area contributed by atoms with E-state index in [4.69, 9.17) is 5.11 Å². The van der Waals surface area contributed by atoms with Gasteiger partial charge < -0.3 is 5.11 Å². The molecule has 0 saturated carbocycles. The van der Waals surface area contributed by atoms with Crippen LogP contribution in [0.1, 0.15) is 12.5 Å². The monoisotopic (exact) mass is 244 g/mol. The number of aliphatic hydroxyl groups excluding tert-OH is 1. The minimum absolute atomic E-state index is 0. The predicted octanol–water partition coefficient (Wildman–Crippen LogP) is 1.99. The first-order chi connectivity index (χ1) is 4.81. The molecule has 0 fully saturated rings. The molecule has 0 amide bonds. The third kappa shape index (κ3) is 9.84. The Morgan fingerprint density at radius 3 is 1.73 bits per heavy atom. The second kappa shape index (κ2) is 9.84. The quantitative estimate of drug-likeness (QED) is 0.692. The van der Waals surface area contributed by atoms with Crippen molar-refractivity contribution < 1.29 is 25.5 Å². The summed E-state index contributed by atoms with van der Waals surface area (Å²) in [6, 6.07) is 10.3. The molecule has 1 aromatic carbocycles. The summed E-state index contributed by atoms with van der Waals surface area (Å²) in [5, 5.41) is 7.57. The second-order valence-corrected chi connectivity index (χ2v) is 1.97. The van der Waals surface area contributed by atoms with Crippen LogP contribution in [0, 0.1) is 6.92 Å². The minimum Gasteiger partial charge on any atom is -0.397 e. The molecule has 0 heterocycles. The largest absolute Gasteiger partial charge is 0.397 e. The van der Waals surface area contributed by atoms with Crippen LogP contribution in [0.2, 0.25) is 0 Å². The van der Waals surface area contributed by atoms with E-state index in [-0.39, 0.29) is 27.0 Å². The van der Waals surface area contributed by atoms with Crippen LogP contribution in [0.25, 0.3) is 0 Å². The van der Waals surface area contributed by atoms with Crippen molar-refractivity contribution in [2.45, 2.75) is 13.8 Å². The maximum Gasteiger partial charge on any atom is 0.0402 e. The molecule has 0 aliphatic carbocycles. The standard InChI is InChI=1S/C7H8.C2H6O.Pd/c1-7-5-3-2-4-6-7;1-2-3;/h2-6H,1H3;3H,2H2,1H3;. The van der Waals surface area contributed by atoms with Crippen LogP contribution < -0.4 is 0 Å². The van der Waals surface area contributed by atoms with Crippen LogP contribution in [0.3, 0.4) is 0 Å². The van der Waals surface area contributed by atoms with E-state index in [1.54, 1.807) is 6.92 Å². The summed E-state index contributed by atoms with van der Waals surface area (Å²) in [4.78, 5) is 0. The molecule has 0 aliphatic heterocycles. The van der Waals surface area contributed by atoms with Crippen LogP contribution in [-0.4, -0.2) is 11.7 Å². The Balaban J connectivity index is 0. The average molecular weight is 245 g/mol. The molecule has 1 nitrogen and oxygen atoms in total. The Bertz CT molecular complexity index is 151. The van der Waals surface area contributed by atoms with Gasteiger partial charge in [0.15, 0.2) is 0 Å². The Labute approximate surface area is 82.1 Å². The van der Waals surface area contributed by atoms with E-state index in [1.807, 2.05) is 18.2 Å². The van der Waals surface area contributed by atoms with Crippen molar-refractivity contribution in [3.63, 3.8) is 0 Å². The van der Waals surface area contributed by atoms with Gasteiger partial charge in [0.25, 0.3) is 0 Å². The van der Waals surface area contributed by atoms with E-state index >= 15 is 0 Å². The van der Waals surface area contributed by atoms with Gasteiger partial charge >= 0.3 is 0 Å². The maximum absolute atomic E-state index is 7.57. The van der Waals surface area contributed by atoms with Crippen molar-refractivity contribution >= 4 is 0 Å². The predicted molar refractivity (Wildman–Crippen MR) is 43.9 cm³/mol. The molecular formula is C9H14OPd. The molecule has 0 saturated heterocycles. The number of hydrogen-bond acceptors (Lipinski definition) is 1. The molecular weight excluding hydrogens is 231 g/mol. The molecule has 66 valence electrons. The van der Waals surface area contributed by atoms with Gasteiger partial charge in [-0.25, -0.2) is 0 Å². The minimum atomic E-state index is 0. The van der Waals surface area contributed by atoms with Gasteiger partial charge in [0, 0.05) is 27.0 Å². The smallest absolute Gasteiger partial charge is 0.0402 e. The van der Waals surface area contributed by atoms with E-state index < -0.39 is 0 Å². The topological polar surface area (TPSA) is 20.2 Å². The molecule has 2 heteroatoms. The Kier molecular flexibility index (Phi) is 12.0. The number of aliphatic hydroxyl groups is 1. The van der Waals surface area contributed by atoms with Crippen molar-refractivity contribution in [2.24, 2.45) is 0 Å². The number of rotatable bonds is 0. The molecule has 1 N–H and O–H groups in total. The first kappa shape index (κ1) is 13.4. The average Bonchev–Trinajstić information content (AvgIpc) is 1.91. The zero-order chi connectivity index (χ0) is 7.82. The van der Waals surface area contributed by atoms with Gasteiger partial charge in [-0.3, -0.25) is 0 Å². The van der Waals surface area contributed by atoms with E-state index in [9.17, 15) is 0 Å². The fourth-order valence-electron chi connectivity index (χ4n) is 0.534. The number of aryl methyl sites for hydroxylation is 1. The summed E-state index contributed by atoms with van der Waals surface area (Å²) in [5.41, 5.74) is 1.32. The van der Waals surface area contributed by atoms with Crippen molar-refractivity contribution in [3.05, 3.63) is 35.9 Å². The van der Waals surface area contributed by atoms with E-state index in [1.165, 1.54) is 5.56 Å². The van der Waals surface area contributed by atoms with Gasteiger partial charge in [0.05, 0.1) is 0 Å². The van der Waals surface area contributed by atoms with Gasteiger partial charge in [0.2, 0.25) is 0 Å². The Morgan fingerprint density at radius 2 is 1.55 bits per heavy atom.